The van der Waals surface area contributed by atoms with Gasteiger partial charge in [0.05, 0.1) is 10.8 Å². The summed E-state index contributed by atoms with van der Waals surface area (Å²) < 4.78 is 0. The highest BCUT2D eigenvalue weighted by molar-refractivity contribution is 5.85. The Morgan fingerprint density at radius 1 is 1.29 bits per heavy atom. The molecule has 0 aliphatic carbocycles. The van der Waals surface area contributed by atoms with Crippen molar-refractivity contribution in [3.05, 3.63) is 39.9 Å². The molecule has 1 aromatic carbocycles. The molecule has 0 bridgehead atoms. The lowest BCUT2D eigenvalue weighted by Gasteiger charge is -2.01. The number of hydrogen-bond donors (Lipinski definition) is 0. The zero-order chi connectivity index (χ0) is 10.6. The van der Waals surface area contributed by atoms with Gasteiger partial charge in [0, 0.05) is 12.1 Å². The monoisotopic (exact) mass is 193 g/mol. The minimum atomic E-state index is -0.921. The number of carbonyl (C=O) groups is 2. The molecule has 0 fully saturated rings. The molecule has 0 saturated heterocycles. The molecule has 0 aliphatic heterocycles. The van der Waals surface area contributed by atoms with E-state index in [1.165, 1.54) is 24.3 Å². The molecule has 72 valence electrons. The van der Waals surface area contributed by atoms with Gasteiger partial charge >= 0.3 is 0 Å². The standard InChI is InChI=1S/C9H7NO4/c11-5-8(6-12)7-2-1-3-9(4-7)10(13)14/h1-6,8H. The van der Waals surface area contributed by atoms with Gasteiger partial charge in [0.2, 0.25) is 0 Å². The molecule has 0 spiro atoms. The molecule has 1 rings (SSSR count). The van der Waals surface area contributed by atoms with Crippen LogP contribution in [-0.4, -0.2) is 17.5 Å². The highest BCUT2D eigenvalue weighted by Crippen LogP contribution is 2.18. The van der Waals surface area contributed by atoms with Crippen molar-refractivity contribution in [2.24, 2.45) is 0 Å². The molecule has 0 heterocycles. The molecule has 0 saturated carbocycles. The fraction of sp³-hybridized carbons (Fsp3) is 0.111. The van der Waals surface area contributed by atoms with Gasteiger partial charge in [0.15, 0.2) is 0 Å². The summed E-state index contributed by atoms with van der Waals surface area (Å²) in [5, 5.41) is 10.4. The molecule has 5 heteroatoms. The van der Waals surface area contributed by atoms with E-state index < -0.39 is 10.8 Å². The van der Waals surface area contributed by atoms with E-state index in [0.717, 1.165) is 0 Å². The number of rotatable bonds is 4. The predicted octanol–water partition coefficient (Wildman–Crippen LogP) is 1.08. The third-order valence-corrected chi connectivity index (χ3v) is 1.76. The zero-order valence-corrected chi connectivity index (χ0v) is 7.12. The van der Waals surface area contributed by atoms with Gasteiger partial charge in [-0.3, -0.25) is 10.1 Å². The van der Waals surface area contributed by atoms with Crippen LogP contribution in [0.4, 0.5) is 5.69 Å². The summed E-state index contributed by atoms with van der Waals surface area (Å²) >= 11 is 0. The highest BCUT2D eigenvalue weighted by atomic mass is 16.6. The number of aldehydes is 2. The first-order valence-corrected chi connectivity index (χ1v) is 3.84. The van der Waals surface area contributed by atoms with Gasteiger partial charge in [-0.15, -0.1) is 0 Å². The van der Waals surface area contributed by atoms with Gasteiger partial charge in [-0.1, -0.05) is 12.1 Å². The zero-order valence-electron chi connectivity index (χ0n) is 7.12. The van der Waals surface area contributed by atoms with Gasteiger partial charge in [-0.25, -0.2) is 0 Å². The van der Waals surface area contributed by atoms with Crippen molar-refractivity contribution >= 4 is 18.3 Å². The average molecular weight is 193 g/mol. The molecule has 1 aromatic rings. The third-order valence-electron chi connectivity index (χ3n) is 1.76. The normalized spacial score (nSPS) is 9.79. The summed E-state index contributed by atoms with van der Waals surface area (Å²) in [6, 6.07) is 5.46. The van der Waals surface area contributed by atoms with E-state index in [2.05, 4.69) is 0 Å². The first-order chi connectivity index (χ1) is 6.69. The van der Waals surface area contributed by atoms with Gasteiger partial charge in [-0.05, 0) is 5.56 Å². The third kappa shape index (κ3) is 2.01. The van der Waals surface area contributed by atoms with Crippen molar-refractivity contribution in [3.8, 4) is 0 Å². The summed E-state index contributed by atoms with van der Waals surface area (Å²) in [5.74, 6) is -0.921. The highest BCUT2D eigenvalue weighted by Gasteiger charge is 2.12. The van der Waals surface area contributed by atoms with Crippen LogP contribution in [0.2, 0.25) is 0 Å². The Balaban J connectivity index is 3.09. The molecule has 5 nitrogen and oxygen atoms in total. The van der Waals surface area contributed by atoms with Crippen molar-refractivity contribution in [1.29, 1.82) is 0 Å². The van der Waals surface area contributed by atoms with Crippen LogP contribution in [0, 0.1) is 10.1 Å². The van der Waals surface area contributed by atoms with E-state index >= 15 is 0 Å². The van der Waals surface area contributed by atoms with E-state index in [4.69, 9.17) is 0 Å². The molecule has 0 aliphatic rings. The van der Waals surface area contributed by atoms with Crippen molar-refractivity contribution in [2.75, 3.05) is 0 Å². The Morgan fingerprint density at radius 3 is 2.43 bits per heavy atom. The Hall–Kier alpha value is -2.04. The van der Waals surface area contributed by atoms with E-state index in [0.29, 0.717) is 18.1 Å². The van der Waals surface area contributed by atoms with E-state index in [1.54, 1.807) is 0 Å². The maximum atomic E-state index is 10.4. The average Bonchev–Trinajstić information content (AvgIpc) is 2.20. The van der Waals surface area contributed by atoms with Gasteiger partial charge in [0.25, 0.3) is 5.69 Å². The number of non-ortho nitro benzene ring substituents is 1. The molecule has 0 unspecified atom stereocenters. The maximum Gasteiger partial charge on any atom is 0.269 e. The number of nitro groups is 1. The van der Waals surface area contributed by atoms with Crippen LogP contribution in [0.3, 0.4) is 0 Å². The molecular weight excluding hydrogens is 186 g/mol. The summed E-state index contributed by atoms with van der Waals surface area (Å²) in [6.07, 6.45) is 0.901. The van der Waals surface area contributed by atoms with Crippen LogP contribution >= 0.6 is 0 Å². The molecule has 14 heavy (non-hydrogen) atoms. The largest absolute Gasteiger partial charge is 0.302 e. The lowest BCUT2D eigenvalue weighted by molar-refractivity contribution is -0.384. The number of hydrogen-bond acceptors (Lipinski definition) is 4. The molecule has 0 N–H and O–H groups in total. The summed E-state index contributed by atoms with van der Waals surface area (Å²) in [6.45, 7) is 0. The number of nitrogens with zero attached hydrogens (tertiary/aromatic N) is 1. The first kappa shape index (κ1) is 10.0. The Labute approximate surface area is 79.5 Å². The van der Waals surface area contributed by atoms with Crippen LogP contribution in [0.1, 0.15) is 11.5 Å². The number of benzene rings is 1. The maximum absolute atomic E-state index is 10.4. The number of carbonyl (C=O) groups excluding carboxylic acids is 2. The molecule has 0 aromatic heterocycles. The fourth-order valence-corrected chi connectivity index (χ4v) is 1.03. The van der Waals surface area contributed by atoms with Crippen molar-refractivity contribution in [2.45, 2.75) is 5.92 Å². The lowest BCUT2D eigenvalue weighted by Crippen LogP contribution is -2.01. The molecule has 0 radical (unpaired) electrons. The smallest absolute Gasteiger partial charge is 0.269 e. The van der Waals surface area contributed by atoms with E-state index in [9.17, 15) is 19.7 Å². The second kappa shape index (κ2) is 4.27. The van der Waals surface area contributed by atoms with Crippen LogP contribution < -0.4 is 0 Å². The summed E-state index contributed by atoms with van der Waals surface area (Å²) in [7, 11) is 0. The van der Waals surface area contributed by atoms with E-state index in [-0.39, 0.29) is 5.69 Å². The minimum absolute atomic E-state index is 0.129. The Morgan fingerprint density at radius 2 is 1.93 bits per heavy atom. The van der Waals surface area contributed by atoms with Gasteiger partial charge in [-0.2, -0.15) is 0 Å². The first-order valence-electron chi connectivity index (χ1n) is 3.84. The van der Waals surface area contributed by atoms with Crippen molar-refractivity contribution in [1.82, 2.24) is 0 Å². The Kier molecular flexibility index (Phi) is 3.06. The summed E-state index contributed by atoms with van der Waals surface area (Å²) in [4.78, 5) is 30.6. The predicted molar refractivity (Wildman–Crippen MR) is 48.0 cm³/mol. The van der Waals surface area contributed by atoms with Crippen LogP contribution in [0.5, 0.6) is 0 Å². The van der Waals surface area contributed by atoms with Crippen LogP contribution in [0.25, 0.3) is 0 Å². The number of nitro benzene ring substituents is 1. The van der Waals surface area contributed by atoms with Crippen molar-refractivity contribution < 1.29 is 14.5 Å². The van der Waals surface area contributed by atoms with Crippen LogP contribution in [-0.2, 0) is 9.59 Å². The molecular formula is C9H7NO4. The minimum Gasteiger partial charge on any atom is -0.302 e. The quantitative estimate of drug-likeness (QED) is 0.310. The van der Waals surface area contributed by atoms with Gasteiger partial charge < -0.3 is 9.59 Å². The summed E-state index contributed by atoms with van der Waals surface area (Å²) in [5.41, 5.74) is 0.209. The SMILES string of the molecule is O=CC(C=O)c1cccc([N+](=O)[O-])c1. The van der Waals surface area contributed by atoms with Gasteiger partial charge in [0.1, 0.15) is 12.6 Å². The van der Waals surface area contributed by atoms with Crippen LogP contribution in [0.15, 0.2) is 24.3 Å². The van der Waals surface area contributed by atoms with E-state index in [1.807, 2.05) is 0 Å². The molecule has 0 atom stereocenters. The fourth-order valence-electron chi connectivity index (χ4n) is 1.03. The van der Waals surface area contributed by atoms with Crippen molar-refractivity contribution in [3.63, 3.8) is 0 Å². The second-order valence-electron chi connectivity index (χ2n) is 2.65. The lowest BCUT2D eigenvalue weighted by atomic mass is 10.0. The molecule has 0 amide bonds. The topological polar surface area (TPSA) is 77.3 Å². The Bertz CT molecular complexity index is 367. The second-order valence-corrected chi connectivity index (χ2v) is 2.65.